The number of hydrogen-bond acceptors (Lipinski definition) is 4. The second-order valence-electron chi connectivity index (χ2n) is 7.54. The molecule has 27 heavy (non-hydrogen) atoms. The van der Waals surface area contributed by atoms with Crippen molar-refractivity contribution in [1.29, 1.82) is 0 Å². The summed E-state index contributed by atoms with van der Waals surface area (Å²) in [7, 11) is -2.99. The van der Waals surface area contributed by atoms with E-state index in [4.69, 9.17) is 0 Å². The Hall–Kier alpha value is -2.15. The second-order valence-corrected chi connectivity index (χ2v) is 9.76. The molecule has 1 aromatic carbocycles. The van der Waals surface area contributed by atoms with Crippen LogP contribution in [0, 0.1) is 0 Å². The SMILES string of the molecule is CCN(Cc1ccccc1)C(=O)c1cc(C2CC2)n(C2CCS(=O)(=O)C2)n1. The first kappa shape index (κ1) is 18.2. The van der Waals surface area contributed by atoms with Gasteiger partial charge >= 0.3 is 0 Å². The van der Waals surface area contributed by atoms with E-state index in [9.17, 15) is 13.2 Å². The molecule has 0 radical (unpaired) electrons. The topological polar surface area (TPSA) is 72.3 Å². The Labute approximate surface area is 160 Å². The summed E-state index contributed by atoms with van der Waals surface area (Å²) in [6, 6.07) is 11.7. The predicted octanol–water partition coefficient (Wildman–Crippen LogP) is 2.78. The highest BCUT2D eigenvalue weighted by Crippen LogP contribution is 2.42. The van der Waals surface area contributed by atoms with Crippen molar-refractivity contribution in [3.63, 3.8) is 0 Å². The molecule has 1 unspecified atom stereocenters. The Kier molecular flexibility index (Phi) is 4.80. The molecular weight excluding hydrogens is 362 g/mol. The second kappa shape index (κ2) is 7.11. The molecule has 7 heteroatoms. The Morgan fingerprint density at radius 1 is 1.22 bits per heavy atom. The minimum Gasteiger partial charge on any atom is -0.333 e. The van der Waals surface area contributed by atoms with Crippen LogP contribution in [0.4, 0.5) is 0 Å². The highest BCUT2D eigenvalue weighted by molar-refractivity contribution is 7.91. The smallest absolute Gasteiger partial charge is 0.274 e. The lowest BCUT2D eigenvalue weighted by molar-refractivity contribution is 0.0745. The molecule has 0 spiro atoms. The summed E-state index contributed by atoms with van der Waals surface area (Å²) in [6.45, 7) is 3.10. The summed E-state index contributed by atoms with van der Waals surface area (Å²) in [6.07, 6.45) is 2.75. The highest BCUT2D eigenvalue weighted by atomic mass is 32.2. The van der Waals surface area contributed by atoms with Crippen molar-refractivity contribution in [2.24, 2.45) is 0 Å². The number of sulfone groups is 1. The molecule has 1 aliphatic carbocycles. The van der Waals surface area contributed by atoms with Crippen molar-refractivity contribution in [2.45, 2.75) is 44.7 Å². The molecule has 1 saturated carbocycles. The number of carbonyl (C=O) groups excluding carboxylic acids is 1. The van der Waals surface area contributed by atoms with Crippen LogP contribution in [-0.2, 0) is 16.4 Å². The van der Waals surface area contributed by atoms with Crippen LogP contribution >= 0.6 is 0 Å². The summed E-state index contributed by atoms with van der Waals surface area (Å²) in [5.41, 5.74) is 2.53. The normalized spacial score (nSPS) is 21.3. The average Bonchev–Trinajstić information content (AvgIpc) is 3.31. The highest BCUT2D eigenvalue weighted by Gasteiger charge is 2.36. The van der Waals surface area contributed by atoms with E-state index in [1.807, 2.05) is 48.0 Å². The molecule has 1 atom stereocenters. The Bertz CT molecular complexity index is 933. The predicted molar refractivity (Wildman–Crippen MR) is 103 cm³/mol. The lowest BCUT2D eigenvalue weighted by Crippen LogP contribution is -2.30. The van der Waals surface area contributed by atoms with Crippen molar-refractivity contribution in [1.82, 2.24) is 14.7 Å². The molecule has 2 aliphatic rings. The van der Waals surface area contributed by atoms with E-state index >= 15 is 0 Å². The van der Waals surface area contributed by atoms with Crippen LogP contribution in [-0.4, -0.2) is 47.1 Å². The first-order chi connectivity index (χ1) is 13.0. The van der Waals surface area contributed by atoms with Gasteiger partial charge in [-0.25, -0.2) is 8.42 Å². The number of amides is 1. The summed E-state index contributed by atoms with van der Waals surface area (Å²) in [4.78, 5) is 14.8. The Morgan fingerprint density at radius 2 is 1.96 bits per heavy atom. The van der Waals surface area contributed by atoms with Crippen LogP contribution in [0.3, 0.4) is 0 Å². The van der Waals surface area contributed by atoms with Crippen LogP contribution in [0.1, 0.15) is 59.9 Å². The third-order valence-electron chi connectivity index (χ3n) is 5.42. The maximum absolute atomic E-state index is 13.1. The van der Waals surface area contributed by atoms with E-state index < -0.39 is 9.84 Å². The fourth-order valence-electron chi connectivity index (χ4n) is 3.75. The van der Waals surface area contributed by atoms with Crippen LogP contribution in [0.2, 0.25) is 0 Å². The summed E-state index contributed by atoms with van der Waals surface area (Å²) >= 11 is 0. The number of aromatic nitrogens is 2. The van der Waals surface area contributed by atoms with E-state index in [0.29, 0.717) is 31.1 Å². The monoisotopic (exact) mass is 387 g/mol. The van der Waals surface area contributed by atoms with Gasteiger partial charge < -0.3 is 4.90 Å². The van der Waals surface area contributed by atoms with Crippen LogP contribution in [0.15, 0.2) is 36.4 Å². The zero-order valence-corrected chi connectivity index (χ0v) is 16.4. The van der Waals surface area contributed by atoms with E-state index in [2.05, 4.69) is 5.10 Å². The van der Waals surface area contributed by atoms with Gasteiger partial charge in [-0.3, -0.25) is 9.48 Å². The number of nitrogens with zero attached hydrogens (tertiary/aromatic N) is 3. The van der Waals surface area contributed by atoms with Crippen molar-refractivity contribution in [3.8, 4) is 0 Å². The Balaban J connectivity index is 1.59. The minimum atomic E-state index is -2.99. The van der Waals surface area contributed by atoms with Gasteiger partial charge in [-0.2, -0.15) is 5.10 Å². The first-order valence-corrected chi connectivity index (χ1v) is 11.4. The van der Waals surface area contributed by atoms with Gasteiger partial charge in [0.15, 0.2) is 15.5 Å². The van der Waals surface area contributed by atoms with Gasteiger partial charge in [0.1, 0.15) is 0 Å². The van der Waals surface area contributed by atoms with E-state index in [1.54, 1.807) is 4.90 Å². The first-order valence-electron chi connectivity index (χ1n) is 9.60. The number of rotatable bonds is 6. The van der Waals surface area contributed by atoms with Gasteiger partial charge in [-0.1, -0.05) is 30.3 Å². The van der Waals surface area contributed by atoms with E-state index in [0.717, 1.165) is 24.1 Å². The van der Waals surface area contributed by atoms with Crippen LogP contribution in [0.25, 0.3) is 0 Å². The fraction of sp³-hybridized carbons (Fsp3) is 0.500. The molecule has 1 aromatic heterocycles. The van der Waals surface area contributed by atoms with Gasteiger partial charge in [0.2, 0.25) is 0 Å². The maximum atomic E-state index is 13.1. The molecule has 1 amide bonds. The molecule has 6 nitrogen and oxygen atoms in total. The summed E-state index contributed by atoms with van der Waals surface area (Å²) in [5, 5.41) is 4.59. The van der Waals surface area contributed by atoms with Crippen molar-refractivity contribution < 1.29 is 13.2 Å². The maximum Gasteiger partial charge on any atom is 0.274 e. The van der Waals surface area contributed by atoms with Gasteiger partial charge in [0.05, 0.1) is 17.5 Å². The number of benzene rings is 1. The quantitative estimate of drug-likeness (QED) is 0.764. The molecule has 2 fully saturated rings. The molecule has 144 valence electrons. The van der Waals surface area contributed by atoms with Crippen LogP contribution < -0.4 is 0 Å². The zero-order chi connectivity index (χ0) is 19.0. The summed E-state index contributed by atoms with van der Waals surface area (Å²) in [5.74, 6) is 0.651. The van der Waals surface area contributed by atoms with Gasteiger partial charge in [0.25, 0.3) is 5.91 Å². The Morgan fingerprint density at radius 3 is 2.56 bits per heavy atom. The fourth-order valence-corrected chi connectivity index (χ4v) is 5.44. The molecule has 0 N–H and O–H groups in total. The largest absolute Gasteiger partial charge is 0.333 e. The van der Waals surface area contributed by atoms with Crippen molar-refractivity contribution >= 4 is 15.7 Å². The molecule has 4 rings (SSSR count). The van der Waals surface area contributed by atoms with E-state index in [1.165, 1.54) is 0 Å². The summed E-state index contributed by atoms with van der Waals surface area (Å²) < 4.78 is 25.6. The molecule has 1 saturated heterocycles. The van der Waals surface area contributed by atoms with E-state index in [-0.39, 0.29) is 23.5 Å². The third-order valence-corrected chi connectivity index (χ3v) is 7.17. The molecule has 2 heterocycles. The molecular formula is C20H25N3O3S. The molecule has 2 aromatic rings. The van der Waals surface area contributed by atoms with Crippen molar-refractivity contribution in [3.05, 3.63) is 53.3 Å². The number of hydrogen-bond donors (Lipinski definition) is 0. The zero-order valence-electron chi connectivity index (χ0n) is 15.5. The average molecular weight is 388 g/mol. The lowest BCUT2D eigenvalue weighted by Gasteiger charge is -2.20. The van der Waals surface area contributed by atoms with Crippen LogP contribution in [0.5, 0.6) is 0 Å². The van der Waals surface area contributed by atoms with Gasteiger partial charge in [-0.05, 0) is 37.8 Å². The number of carbonyl (C=O) groups is 1. The standard InChI is InChI=1S/C20H25N3O3S/c1-2-22(13-15-6-4-3-5-7-15)20(24)18-12-19(16-8-9-16)23(21-18)17-10-11-27(25,26)14-17/h3-7,12,16-17H,2,8-11,13-14H2,1H3. The molecule has 0 bridgehead atoms. The van der Waals surface area contributed by atoms with Crippen molar-refractivity contribution in [2.75, 3.05) is 18.1 Å². The van der Waals surface area contributed by atoms with Gasteiger partial charge in [0, 0.05) is 24.7 Å². The molecule has 1 aliphatic heterocycles. The lowest BCUT2D eigenvalue weighted by atomic mass is 10.2. The minimum absolute atomic E-state index is 0.0946. The third kappa shape index (κ3) is 3.93. The van der Waals surface area contributed by atoms with Gasteiger partial charge in [-0.15, -0.1) is 0 Å².